The largest absolute Gasteiger partial charge is 0.379 e. The van der Waals surface area contributed by atoms with Crippen molar-refractivity contribution >= 4 is 11.8 Å². The van der Waals surface area contributed by atoms with Gasteiger partial charge in [-0.05, 0) is 24.2 Å². The molecule has 0 saturated carbocycles. The number of carbonyl (C=O) groups is 2. The van der Waals surface area contributed by atoms with Gasteiger partial charge in [-0.25, -0.2) is 0 Å². The summed E-state index contributed by atoms with van der Waals surface area (Å²) in [5.41, 5.74) is 5.32. The Hall–Kier alpha value is -1.22. The van der Waals surface area contributed by atoms with Crippen molar-refractivity contribution in [2.75, 3.05) is 65.9 Å². The molecule has 29 heavy (non-hydrogen) atoms. The Morgan fingerprint density at radius 3 is 1.62 bits per heavy atom. The third kappa shape index (κ3) is 12.8. The number of likely N-dealkylation sites (tertiary alicyclic amines) is 1. The van der Waals surface area contributed by atoms with E-state index in [9.17, 15) is 9.59 Å². The third-order valence-corrected chi connectivity index (χ3v) is 5.14. The highest BCUT2D eigenvalue weighted by Gasteiger charge is 2.30. The predicted molar refractivity (Wildman–Crippen MR) is 110 cm³/mol. The highest BCUT2D eigenvalue weighted by atomic mass is 16.6. The summed E-state index contributed by atoms with van der Waals surface area (Å²) >= 11 is 0. The Labute approximate surface area is 175 Å². The van der Waals surface area contributed by atoms with Gasteiger partial charge < -0.3 is 29.6 Å². The van der Waals surface area contributed by atoms with Crippen LogP contribution in [0.4, 0.5) is 0 Å². The Morgan fingerprint density at radius 2 is 1.21 bits per heavy atom. The van der Waals surface area contributed by atoms with Gasteiger partial charge in [0.05, 0.1) is 59.3 Å². The van der Waals surface area contributed by atoms with E-state index in [1.54, 1.807) is 0 Å². The average molecular weight is 417 g/mol. The standard InChI is InChI=1S/C21H40N2O6/c1-21(2,3)18-4-8-23(9-5-18)20(25)7-11-27-13-15-29-17-16-28-14-12-26-10-6-19(22)24/h18H,4-17H2,1-3H3,(H2,22,24). The molecule has 0 unspecified atom stereocenters. The molecule has 0 bridgehead atoms. The molecular formula is C21H40N2O6. The minimum Gasteiger partial charge on any atom is -0.379 e. The van der Waals surface area contributed by atoms with Gasteiger partial charge in [0.25, 0.3) is 0 Å². The Kier molecular flexibility index (Phi) is 13.1. The SMILES string of the molecule is CC(C)(C)C1CCN(C(=O)CCOCCOCCOCCOCCC(N)=O)CC1. The van der Waals surface area contributed by atoms with Crippen LogP contribution in [-0.2, 0) is 28.5 Å². The van der Waals surface area contributed by atoms with E-state index in [-0.39, 0.29) is 18.2 Å². The van der Waals surface area contributed by atoms with Crippen LogP contribution in [0, 0.1) is 11.3 Å². The van der Waals surface area contributed by atoms with Crippen LogP contribution >= 0.6 is 0 Å². The number of ether oxygens (including phenoxy) is 4. The number of carbonyl (C=O) groups excluding carboxylic acids is 2. The number of rotatable bonds is 15. The Balaban J connectivity index is 1.86. The Bertz CT molecular complexity index is 459. The molecule has 1 heterocycles. The van der Waals surface area contributed by atoms with Crippen LogP contribution in [0.3, 0.4) is 0 Å². The van der Waals surface area contributed by atoms with Crippen molar-refractivity contribution in [2.45, 2.75) is 46.5 Å². The van der Waals surface area contributed by atoms with Gasteiger partial charge >= 0.3 is 0 Å². The molecule has 0 aromatic rings. The van der Waals surface area contributed by atoms with E-state index in [1.165, 1.54) is 0 Å². The van der Waals surface area contributed by atoms with Crippen molar-refractivity contribution in [3.05, 3.63) is 0 Å². The van der Waals surface area contributed by atoms with Crippen LogP contribution in [0.5, 0.6) is 0 Å². The Morgan fingerprint density at radius 1 is 0.793 bits per heavy atom. The lowest BCUT2D eigenvalue weighted by atomic mass is 9.75. The van der Waals surface area contributed by atoms with Crippen LogP contribution in [0.25, 0.3) is 0 Å². The van der Waals surface area contributed by atoms with E-state index in [4.69, 9.17) is 24.7 Å². The highest BCUT2D eigenvalue weighted by Crippen LogP contribution is 2.34. The first-order valence-corrected chi connectivity index (χ1v) is 10.7. The highest BCUT2D eigenvalue weighted by molar-refractivity contribution is 5.76. The minimum absolute atomic E-state index is 0.185. The number of piperidine rings is 1. The molecule has 0 aromatic carbocycles. The minimum atomic E-state index is -0.369. The van der Waals surface area contributed by atoms with Gasteiger partial charge in [0.15, 0.2) is 0 Å². The van der Waals surface area contributed by atoms with Crippen LogP contribution in [-0.4, -0.2) is 82.7 Å². The number of hydrogen-bond donors (Lipinski definition) is 1. The van der Waals surface area contributed by atoms with Crippen LogP contribution in [0.2, 0.25) is 0 Å². The molecule has 1 fully saturated rings. The molecule has 0 aliphatic carbocycles. The van der Waals surface area contributed by atoms with Gasteiger partial charge in [0.2, 0.25) is 11.8 Å². The molecule has 170 valence electrons. The number of primary amides is 1. The van der Waals surface area contributed by atoms with E-state index < -0.39 is 0 Å². The van der Waals surface area contributed by atoms with Gasteiger partial charge in [-0.3, -0.25) is 9.59 Å². The van der Waals surface area contributed by atoms with E-state index in [0.717, 1.165) is 25.9 Å². The lowest BCUT2D eigenvalue weighted by molar-refractivity contribution is -0.134. The predicted octanol–water partition coefficient (Wildman–Crippen LogP) is 1.60. The molecule has 0 spiro atoms. The molecule has 2 amide bonds. The van der Waals surface area contributed by atoms with E-state index in [2.05, 4.69) is 20.8 Å². The van der Waals surface area contributed by atoms with Crippen molar-refractivity contribution in [1.82, 2.24) is 4.90 Å². The summed E-state index contributed by atoms with van der Waals surface area (Å²) < 4.78 is 21.4. The topological polar surface area (TPSA) is 100 Å². The molecule has 1 aliphatic heterocycles. The van der Waals surface area contributed by atoms with Crippen LogP contribution in [0.1, 0.15) is 46.5 Å². The molecule has 1 rings (SSSR count). The van der Waals surface area contributed by atoms with Gasteiger partial charge in [-0.15, -0.1) is 0 Å². The summed E-state index contributed by atoms with van der Waals surface area (Å²) in [5.74, 6) is 0.509. The first-order valence-electron chi connectivity index (χ1n) is 10.7. The monoisotopic (exact) mass is 416 g/mol. The summed E-state index contributed by atoms with van der Waals surface area (Å²) in [6, 6.07) is 0. The molecule has 8 nitrogen and oxygen atoms in total. The average Bonchev–Trinajstić information content (AvgIpc) is 2.67. The van der Waals surface area contributed by atoms with Gasteiger partial charge in [-0.2, -0.15) is 0 Å². The summed E-state index contributed by atoms with van der Waals surface area (Å²) in [5, 5.41) is 0. The zero-order valence-corrected chi connectivity index (χ0v) is 18.5. The van der Waals surface area contributed by atoms with Crippen molar-refractivity contribution in [2.24, 2.45) is 17.1 Å². The van der Waals surface area contributed by atoms with Gasteiger partial charge in [-0.1, -0.05) is 20.8 Å². The fraction of sp³-hybridized carbons (Fsp3) is 0.905. The van der Waals surface area contributed by atoms with Gasteiger partial charge in [0.1, 0.15) is 0 Å². The van der Waals surface area contributed by atoms with Crippen molar-refractivity contribution < 1.29 is 28.5 Å². The second-order valence-electron chi connectivity index (χ2n) is 8.44. The smallest absolute Gasteiger partial charge is 0.224 e. The summed E-state index contributed by atoms with van der Waals surface area (Å²) in [7, 11) is 0. The van der Waals surface area contributed by atoms with E-state index in [0.29, 0.717) is 70.6 Å². The normalized spacial score (nSPS) is 15.6. The summed E-state index contributed by atoms with van der Waals surface area (Å²) in [4.78, 5) is 24.7. The first-order chi connectivity index (χ1) is 13.8. The fourth-order valence-electron chi connectivity index (χ4n) is 3.25. The molecule has 8 heteroatoms. The third-order valence-electron chi connectivity index (χ3n) is 5.14. The molecule has 2 N–H and O–H groups in total. The van der Waals surface area contributed by atoms with Gasteiger partial charge in [0, 0.05) is 19.5 Å². The maximum absolute atomic E-state index is 12.3. The van der Waals surface area contributed by atoms with E-state index >= 15 is 0 Å². The van der Waals surface area contributed by atoms with Crippen molar-refractivity contribution in [3.63, 3.8) is 0 Å². The van der Waals surface area contributed by atoms with Crippen LogP contribution < -0.4 is 5.73 Å². The molecule has 0 radical (unpaired) electrons. The first kappa shape index (κ1) is 25.8. The zero-order chi connectivity index (χ0) is 21.5. The number of hydrogen-bond acceptors (Lipinski definition) is 6. The second kappa shape index (κ2) is 14.7. The maximum atomic E-state index is 12.3. The second-order valence-corrected chi connectivity index (χ2v) is 8.44. The quantitative estimate of drug-likeness (QED) is 0.407. The summed E-state index contributed by atoms with van der Waals surface area (Å²) in [6.07, 6.45) is 2.83. The number of nitrogens with zero attached hydrogens (tertiary/aromatic N) is 1. The van der Waals surface area contributed by atoms with Crippen LogP contribution in [0.15, 0.2) is 0 Å². The number of amides is 2. The molecular weight excluding hydrogens is 376 g/mol. The molecule has 1 aliphatic rings. The van der Waals surface area contributed by atoms with Crippen molar-refractivity contribution in [1.29, 1.82) is 0 Å². The van der Waals surface area contributed by atoms with E-state index in [1.807, 2.05) is 4.90 Å². The molecule has 0 aromatic heterocycles. The fourth-order valence-corrected chi connectivity index (χ4v) is 3.25. The lowest BCUT2D eigenvalue weighted by Crippen LogP contribution is -2.41. The molecule has 1 saturated heterocycles. The summed E-state index contributed by atoms with van der Waals surface area (Å²) in [6.45, 7) is 12.1. The molecule has 0 atom stereocenters. The van der Waals surface area contributed by atoms with Crippen molar-refractivity contribution in [3.8, 4) is 0 Å². The maximum Gasteiger partial charge on any atom is 0.224 e. The number of nitrogens with two attached hydrogens (primary N) is 1. The zero-order valence-electron chi connectivity index (χ0n) is 18.5. The lowest BCUT2D eigenvalue weighted by Gasteiger charge is -2.38.